The monoisotopic (exact) mass is 495 g/mol. The first-order chi connectivity index (χ1) is 15.4. The molecule has 0 aromatic rings. The SMILES string of the molecule is BBC(=O)C(N)CSC1CCC1SCC(NC(=O)C(C)(C)COC(C)(N)CCC)C(=O)BB. The molecule has 33 heavy (non-hydrogen) atoms. The Morgan fingerprint density at radius 3 is 2.12 bits per heavy atom. The Bertz CT molecular complexity index is 673. The Balaban J connectivity index is 2.60. The molecular formula is C20H41B4N3O4S2. The third-order valence-electron chi connectivity index (χ3n) is 6.05. The van der Waals surface area contributed by atoms with Crippen LogP contribution in [0.15, 0.2) is 0 Å². The summed E-state index contributed by atoms with van der Waals surface area (Å²) in [5, 5.41) is 3.81. The van der Waals surface area contributed by atoms with Crippen LogP contribution >= 0.6 is 23.5 Å². The fraction of sp³-hybridized carbons (Fsp3) is 0.850. The Labute approximate surface area is 211 Å². The molecule has 5 atom stereocenters. The van der Waals surface area contributed by atoms with Gasteiger partial charge in [0.25, 0.3) is 0 Å². The molecule has 0 spiro atoms. The maximum Gasteiger partial charge on any atom is 0.228 e. The van der Waals surface area contributed by atoms with E-state index in [1.165, 1.54) is 0 Å². The predicted molar refractivity (Wildman–Crippen MR) is 150 cm³/mol. The number of amides is 1. The van der Waals surface area contributed by atoms with Gasteiger partial charge in [0.15, 0.2) is 14.3 Å². The Morgan fingerprint density at radius 1 is 1.09 bits per heavy atom. The highest BCUT2D eigenvalue weighted by molar-refractivity contribution is 8.04. The minimum atomic E-state index is -0.803. The molecule has 1 rings (SSSR count). The molecule has 0 heterocycles. The molecule has 1 aliphatic rings. The van der Waals surface area contributed by atoms with E-state index < -0.39 is 23.2 Å². The van der Waals surface area contributed by atoms with Crippen LogP contribution in [0.3, 0.4) is 0 Å². The lowest BCUT2D eigenvalue weighted by atomic mass is 9.51. The van der Waals surface area contributed by atoms with Gasteiger partial charge < -0.3 is 31.1 Å². The van der Waals surface area contributed by atoms with Crippen LogP contribution in [-0.2, 0) is 19.1 Å². The summed E-state index contributed by atoms with van der Waals surface area (Å²) in [5.41, 5.74) is 10.7. The van der Waals surface area contributed by atoms with E-state index >= 15 is 0 Å². The second-order valence-electron chi connectivity index (χ2n) is 9.83. The minimum Gasteiger partial charge on any atom is -0.360 e. The summed E-state index contributed by atoms with van der Waals surface area (Å²) in [6, 6.07) is -0.932. The lowest BCUT2D eigenvalue weighted by Crippen LogP contribution is -2.52. The van der Waals surface area contributed by atoms with Gasteiger partial charge in [0.1, 0.15) is 11.4 Å². The first-order valence-electron chi connectivity index (χ1n) is 12.1. The highest BCUT2D eigenvalue weighted by atomic mass is 32.2. The van der Waals surface area contributed by atoms with Crippen LogP contribution in [0.1, 0.15) is 53.4 Å². The van der Waals surface area contributed by atoms with Gasteiger partial charge in [-0.25, -0.2) is 0 Å². The van der Waals surface area contributed by atoms with Crippen LogP contribution in [0.5, 0.6) is 0 Å². The molecule has 1 saturated carbocycles. The van der Waals surface area contributed by atoms with Crippen LogP contribution in [-0.4, -0.2) is 93.5 Å². The largest absolute Gasteiger partial charge is 0.360 e. The Kier molecular flexibility index (Phi) is 13.3. The highest BCUT2D eigenvalue weighted by Crippen LogP contribution is 2.40. The summed E-state index contributed by atoms with van der Waals surface area (Å²) in [7, 11) is 4.49. The topological polar surface area (TPSA) is 125 Å². The van der Waals surface area contributed by atoms with Crippen molar-refractivity contribution in [2.45, 2.75) is 81.7 Å². The molecule has 1 fully saturated rings. The summed E-state index contributed by atoms with van der Waals surface area (Å²) in [6.07, 6.45) is 3.77. The number of rotatable bonds is 17. The lowest BCUT2D eigenvalue weighted by molar-refractivity contribution is -0.139. The van der Waals surface area contributed by atoms with Crippen molar-refractivity contribution >= 4 is 70.6 Å². The maximum absolute atomic E-state index is 13.0. The number of ether oxygens (including phenoxy) is 1. The molecule has 0 aromatic carbocycles. The number of thioether (sulfide) groups is 2. The van der Waals surface area contributed by atoms with E-state index in [9.17, 15) is 14.4 Å². The third kappa shape index (κ3) is 10.4. The van der Waals surface area contributed by atoms with Gasteiger partial charge in [0.2, 0.25) is 5.91 Å². The van der Waals surface area contributed by atoms with E-state index in [4.69, 9.17) is 16.2 Å². The zero-order valence-corrected chi connectivity index (χ0v) is 22.9. The molecule has 0 saturated heterocycles. The molecule has 5 unspecified atom stereocenters. The summed E-state index contributed by atoms with van der Waals surface area (Å²) < 4.78 is 5.82. The zero-order valence-electron chi connectivity index (χ0n) is 21.3. The van der Waals surface area contributed by atoms with Crippen molar-refractivity contribution in [3.63, 3.8) is 0 Å². The highest BCUT2D eigenvalue weighted by Gasteiger charge is 2.36. The fourth-order valence-corrected chi connectivity index (χ4v) is 6.54. The van der Waals surface area contributed by atoms with E-state index in [1.54, 1.807) is 23.5 Å². The van der Waals surface area contributed by atoms with Crippen molar-refractivity contribution in [1.82, 2.24) is 5.32 Å². The van der Waals surface area contributed by atoms with Crippen LogP contribution in [0.2, 0.25) is 0 Å². The first-order valence-corrected chi connectivity index (χ1v) is 14.2. The standard InChI is InChI=1S/C20H41B4N3O4S2/c1-5-8-20(4,26)31-11-19(2,3)18(30)27-13(17(29)24-22)10-33-15-7-6-14(15)32-9-12(25)16(28)23-21/h12-15,23-24H,5-11,21-22,25-26H2,1-4H3,(H,27,30). The van der Waals surface area contributed by atoms with Crippen molar-refractivity contribution in [2.24, 2.45) is 16.9 Å². The number of hydrogen-bond donors (Lipinski definition) is 3. The number of carbonyl (C=O) groups excluding carboxylic acids is 3. The van der Waals surface area contributed by atoms with Gasteiger partial charge >= 0.3 is 0 Å². The van der Waals surface area contributed by atoms with Gasteiger partial charge in [-0.1, -0.05) is 13.3 Å². The average Bonchev–Trinajstić information content (AvgIpc) is 2.75. The van der Waals surface area contributed by atoms with Gasteiger partial charge in [-0.2, -0.15) is 23.5 Å². The summed E-state index contributed by atoms with van der Waals surface area (Å²) >= 11 is 3.48. The molecule has 0 aromatic heterocycles. The van der Waals surface area contributed by atoms with Crippen molar-refractivity contribution in [3.05, 3.63) is 0 Å². The van der Waals surface area contributed by atoms with Crippen LogP contribution < -0.4 is 16.8 Å². The Hall–Kier alpha value is -0.350. The van der Waals surface area contributed by atoms with Gasteiger partial charge in [0.05, 0.1) is 45.3 Å². The number of nitrogens with one attached hydrogen (secondary N) is 1. The molecule has 7 nitrogen and oxygen atoms in total. The molecular weight excluding hydrogens is 454 g/mol. The molecule has 1 aliphatic carbocycles. The summed E-state index contributed by atoms with van der Waals surface area (Å²) in [5.74, 6) is 0.974. The van der Waals surface area contributed by atoms with Crippen molar-refractivity contribution in [1.29, 1.82) is 0 Å². The van der Waals surface area contributed by atoms with Gasteiger partial charge in [0, 0.05) is 22.0 Å². The number of hydrogen-bond acceptors (Lipinski definition) is 8. The van der Waals surface area contributed by atoms with Crippen LogP contribution in [0, 0.1) is 5.41 Å². The molecule has 5 N–H and O–H groups in total. The third-order valence-corrected chi connectivity index (χ3v) is 9.28. The molecule has 13 heteroatoms. The van der Waals surface area contributed by atoms with E-state index in [0.29, 0.717) is 42.8 Å². The van der Waals surface area contributed by atoms with E-state index in [-0.39, 0.29) is 23.9 Å². The first kappa shape index (κ1) is 30.7. The molecule has 0 aliphatic heterocycles. The second kappa shape index (κ2) is 14.3. The van der Waals surface area contributed by atoms with E-state index in [1.807, 2.05) is 43.2 Å². The van der Waals surface area contributed by atoms with Crippen molar-refractivity contribution < 1.29 is 19.1 Å². The summed E-state index contributed by atoms with van der Waals surface area (Å²) in [6.45, 7) is 7.66. The van der Waals surface area contributed by atoms with Crippen LogP contribution in [0.4, 0.5) is 0 Å². The van der Waals surface area contributed by atoms with Gasteiger partial charge in [-0.15, -0.1) is 0 Å². The van der Waals surface area contributed by atoms with E-state index in [2.05, 4.69) is 5.32 Å². The quantitative estimate of drug-likeness (QED) is 0.162. The number of carbonyl (C=O) groups is 3. The zero-order chi connectivity index (χ0) is 25.2. The van der Waals surface area contributed by atoms with Crippen molar-refractivity contribution in [2.75, 3.05) is 18.1 Å². The average molecular weight is 495 g/mol. The van der Waals surface area contributed by atoms with Crippen molar-refractivity contribution in [3.8, 4) is 0 Å². The minimum absolute atomic E-state index is 0.0290. The normalized spacial score (nSPS) is 21.8. The molecule has 1 amide bonds. The molecule has 184 valence electrons. The smallest absolute Gasteiger partial charge is 0.228 e. The van der Waals surface area contributed by atoms with Crippen LogP contribution in [0.25, 0.3) is 0 Å². The van der Waals surface area contributed by atoms with E-state index in [0.717, 1.165) is 19.3 Å². The predicted octanol–water partition coefficient (Wildman–Crippen LogP) is -1.66. The summed E-state index contributed by atoms with van der Waals surface area (Å²) in [4.78, 5) is 37.3. The maximum atomic E-state index is 13.0. The number of nitrogens with two attached hydrogens (primary N) is 2. The second-order valence-corrected chi connectivity index (χ2v) is 12.4. The van der Waals surface area contributed by atoms with Gasteiger partial charge in [-0.05, 0) is 40.0 Å². The molecule has 0 bridgehead atoms. The van der Waals surface area contributed by atoms with Gasteiger partial charge in [-0.3, -0.25) is 4.79 Å². The molecule has 0 radical (unpaired) electrons. The fourth-order valence-electron chi connectivity index (χ4n) is 3.42. The Morgan fingerprint density at radius 2 is 1.64 bits per heavy atom. The lowest BCUT2D eigenvalue weighted by Gasteiger charge is -2.37.